The summed E-state index contributed by atoms with van der Waals surface area (Å²) < 4.78 is 13.1. The van der Waals surface area contributed by atoms with E-state index in [4.69, 9.17) is 0 Å². The third kappa shape index (κ3) is 3.36. The van der Waals surface area contributed by atoms with Crippen LogP contribution in [0.15, 0.2) is 18.2 Å². The lowest BCUT2D eigenvalue weighted by Gasteiger charge is -2.07. The highest BCUT2D eigenvalue weighted by Crippen LogP contribution is 2.20. The molecule has 0 heterocycles. The fourth-order valence-electron chi connectivity index (χ4n) is 1.09. The summed E-state index contributed by atoms with van der Waals surface area (Å²) in [5, 5.41) is 2.79. The van der Waals surface area contributed by atoms with E-state index in [-0.39, 0.29) is 5.82 Å². The maximum atomic E-state index is 13.1. The van der Waals surface area contributed by atoms with E-state index in [9.17, 15) is 4.39 Å². The van der Waals surface area contributed by atoms with Gasteiger partial charge in [0.1, 0.15) is 5.82 Å². The Hall–Kier alpha value is -1.05. The summed E-state index contributed by atoms with van der Waals surface area (Å²) in [4.78, 5) is 0. The first-order valence-corrected chi connectivity index (χ1v) is 5.12. The maximum absolute atomic E-state index is 13.1. The van der Waals surface area contributed by atoms with Gasteiger partial charge in [-0.2, -0.15) is 0 Å². The number of halogens is 1. The zero-order valence-electron chi connectivity index (χ0n) is 9.69. The van der Waals surface area contributed by atoms with Crippen molar-refractivity contribution < 1.29 is 4.39 Å². The molecule has 14 heavy (non-hydrogen) atoms. The Morgan fingerprint density at radius 1 is 1.21 bits per heavy atom. The molecule has 80 valence electrons. The van der Waals surface area contributed by atoms with E-state index in [0.717, 1.165) is 5.56 Å². The third-order valence-electron chi connectivity index (χ3n) is 1.93. The molecule has 0 aliphatic heterocycles. The average Bonchev–Trinajstić information content (AvgIpc) is 2.20. The van der Waals surface area contributed by atoms with Crippen LogP contribution in [0.1, 0.15) is 39.2 Å². The van der Waals surface area contributed by atoms with Crippen molar-refractivity contribution in [3.63, 3.8) is 0 Å². The van der Waals surface area contributed by atoms with Gasteiger partial charge in [0.15, 0.2) is 0 Å². The molecule has 0 bridgehead atoms. The van der Waals surface area contributed by atoms with E-state index in [1.807, 2.05) is 33.8 Å². The molecular weight excluding hydrogens is 177 g/mol. The van der Waals surface area contributed by atoms with Crippen LogP contribution in [0.4, 0.5) is 10.1 Å². The number of hydrogen-bond acceptors (Lipinski definition) is 1. The first-order valence-electron chi connectivity index (χ1n) is 5.12. The number of benzene rings is 1. The second-order valence-corrected chi connectivity index (χ2v) is 3.14. The van der Waals surface area contributed by atoms with Crippen molar-refractivity contribution >= 4 is 5.69 Å². The molecule has 0 atom stereocenters. The van der Waals surface area contributed by atoms with Crippen LogP contribution in [-0.2, 0) is 0 Å². The molecule has 0 amide bonds. The molecule has 1 nitrogen and oxygen atoms in total. The largest absolute Gasteiger partial charge is 0.386 e. The number of anilines is 1. The Balaban J connectivity index is 0.000000791. The fourth-order valence-corrected chi connectivity index (χ4v) is 1.09. The van der Waals surface area contributed by atoms with Crippen LogP contribution < -0.4 is 5.32 Å². The van der Waals surface area contributed by atoms with Crippen molar-refractivity contribution in [1.82, 2.24) is 0 Å². The molecule has 1 aromatic rings. The van der Waals surface area contributed by atoms with Gasteiger partial charge in [0.05, 0.1) is 5.69 Å². The minimum atomic E-state index is -0.177. The number of rotatable bonds is 2. The van der Waals surface area contributed by atoms with Gasteiger partial charge in [0, 0.05) is 7.05 Å². The van der Waals surface area contributed by atoms with Gasteiger partial charge in [0.25, 0.3) is 0 Å². The Morgan fingerprint density at radius 2 is 1.79 bits per heavy atom. The van der Waals surface area contributed by atoms with Crippen LogP contribution in [-0.4, -0.2) is 7.05 Å². The topological polar surface area (TPSA) is 12.0 Å². The lowest BCUT2D eigenvalue weighted by molar-refractivity contribution is 0.627. The molecule has 0 fully saturated rings. The van der Waals surface area contributed by atoms with Gasteiger partial charge in [-0.15, -0.1) is 0 Å². The molecule has 0 aromatic heterocycles. The van der Waals surface area contributed by atoms with Crippen LogP contribution >= 0.6 is 0 Å². The van der Waals surface area contributed by atoms with Crippen LogP contribution in [0.3, 0.4) is 0 Å². The molecule has 0 aliphatic rings. The zero-order valence-corrected chi connectivity index (χ0v) is 9.69. The average molecular weight is 197 g/mol. The maximum Gasteiger partial charge on any atom is 0.146 e. The second-order valence-electron chi connectivity index (χ2n) is 3.14. The Labute approximate surface area is 86.3 Å². The fraction of sp³-hybridized carbons (Fsp3) is 0.500. The predicted molar refractivity (Wildman–Crippen MR) is 61.4 cm³/mol. The molecule has 0 radical (unpaired) electrons. The van der Waals surface area contributed by atoms with Crippen LogP contribution in [0.25, 0.3) is 0 Å². The molecule has 0 saturated heterocycles. The smallest absolute Gasteiger partial charge is 0.146 e. The Morgan fingerprint density at radius 3 is 2.14 bits per heavy atom. The first-order chi connectivity index (χ1) is 6.65. The summed E-state index contributed by atoms with van der Waals surface area (Å²) in [5.74, 6) is 0.203. The number of hydrogen-bond donors (Lipinski definition) is 1. The minimum Gasteiger partial charge on any atom is -0.386 e. The molecule has 1 rings (SSSR count). The minimum absolute atomic E-state index is 0.177. The molecule has 0 saturated carbocycles. The molecule has 2 heteroatoms. The summed E-state index contributed by atoms with van der Waals surface area (Å²) in [5.41, 5.74) is 1.59. The molecule has 0 aliphatic carbocycles. The van der Waals surface area contributed by atoms with Gasteiger partial charge >= 0.3 is 0 Å². The van der Waals surface area contributed by atoms with E-state index in [1.54, 1.807) is 19.2 Å². The van der Waals surface area contributed by atoms with E-state index < -0.39 is 0 Å². The molecular formula is C12H20FN. The number of nitrogens with one attached hydrogen (secondary N) is 1. The molecule has 0 spiro atoms. The zero-order chi connectivity index (χ0) is 11.1. The summed E-state index contributed by atoms with van der Waals surface area (Å²) >= 11 is 0. The molecule has 0 unspecified atom stereocenters. The van der Waals surface area contributed by atoms with E-state index >= 15 is 0 Å². The molecule has 1 aromatic carbocycles. The van der Waals surface area contributed by atoms with E-state index in [2.05, 4.69) is 5.32 Å². The first kappa shape index (κ1) is 12.9. The van der Waals surface area contributed by atoms with Gasteiger partial charge < -0.3 is 5.32 Å². The highest BCUT2D eigenvalue weighted by Gasteiger charge is 2.03. The lowest BCUT2D eigenvalue weighted by atomic mass is 10.0. The lowest BCUT2D eigenvalue weighted by Crippen LogP contribution is -1.95. The quantitative estimate of drug-likeness (QED) is 0.755. The van der Waals surface area contributed by atoms with Crippen molar-refractivity contribution in [3.8, 4) is 0 Å². The normalized spacial score (nSPS) is 9.36. The van der Waals surface area contributed by atoms with Crippen LogP contribution in [0.2, 0.25) is 0 Å². The van der Waals surface area contributed by atoms with Gasteiger partial charge in [-0.05, 0) is 23.6 Å². The Kier molecular flexibility index (Phi) is 5.93. The van der Waals surface area contributed by atoms with Crippen molar-refractivity contribution in [2.45, 2.75) is 33.6 Å². The summed E-state index contributed by atoms with van der Waals surface area (Å²) in [6.45, 7) is 8.10. The molecule has 1 N–H and O–H groups in total. The van der Waals surface area contributed by atoms with Gasteiger partial charge in [-0.3, -0.25) is 0 Å². The predicted octanol–water partition coefficient (Wildman–Crippen LogP) is 4.02. The van der Waals surface area contributed by atoms with Gasteiger partial charge in [-0.1, -0.05) is 33.8 Å². The Bertz CT molecular complexity index is 269. The highest BCUT2D eigenvalue weighted by molar-refractivity contribution is 5.46. The summed E-state index contributed by atoms with van der Waals surface area (Å²) in [7, 11) is 1.72. The highest BCUT2D eigenvalue weighted by atomic mass is 19.1. The van der Waals surface area contributed by atoms with Crippen molar-refractivity contribution in [1.29, 1.82) is 0 Å². The summed E-state index contributed by atoms with van der Waals surface area (Å²) in [6.07, 6.45) is 0. The monoisotopic (exact) mass is 197 g/mol. The van der Waals surface area contributed by atoms with Crippen LogP contribution in [0, 0.1) is 5.82 Å². The van der Waals surface area contributed by atoms with Crippen molar-refractivity contribution in [2.75, 3.05) is 12.4 Å². The standard InChI is InChI=1S/C10H14FN.C2H6/c1-7(2)8-4-5-10(12-3)9(11)6-8;1-2/h4-7,12H,1-3H3;1-2H3. The van der Waals surface area contributed by atoms with E-state index in [1.165, 1.54) is 0 Å². The SMILES string of the molecule is CC.CNc1ccc(C(C)C)cc1F. The van der Waals surface area contributed by atoms with Crippen molar-refractivity contribution in [3.05, 3.63) is 29.6 Å². The van der Waals surface area contributed by atoms with Gasteiger partial charge in [0.2, 0.25) is 0 Å². The summed E-state index contributed by atoms with van der Waals surface area (Å²) in [6, 6.07) is 5.29. The second kappa shape index (κ2) is 6.41. The van der Waals surface area contributed by atoms with E-state index in [0.29, 0.717) is 11.6 Å². The van der Waals surface area contributed by atoms with Gasteiger partial charge in [-0.25, -0.2) is 4.39 Å². The van der Waals surface area contributed by atoms with Crippen molar-refractivity contribution in [2.24, 2.45) is 0 Å². The van der Waals surface area contributed by atoms with Crippen LogP contribution in [0.5, 0.6) is 0 Å². The third-order valence-corrected chi connectivity index (χ3v) is 1.93.